The molecule has 2 rings (SSSR count). The Morgan fingerprint density at radius 3 is 2.38 bits per heavy atom. The molecule has 0 radical (unpaired) electrons. The summed E-state index contributed by atoms with van der Waals surface area (Å²) >= 11 is 0. The normalized spacial score (nSPS) is 10.4. The monoisotopic (exact) mass is 216 g/mol. The van der Waals surface area contributed by atoms with E-state index in [0.717, 1.165) is 11.3 Å². The van der Waals surface area contributed by atoms with Gasteiger partial charge in [0.05, 0.1) is 5.69 Å². The summed E-state index contributed by atoms with van der Waals surface area (Å²) in [5.41, 5.74) is 1.94. The number of carbonyl (C=O) groups is 1. The molecule has 0 saturated heterocycles. The van der Waals surface area contributed by atoms with E-state index in [1.165, 1.54) is 17.7 Å². The van der Waals surface area contributed by atoms with E-state index in [1.807, 2.05) is 31.2 Å². The van der Waals surface area contributed by atoms with Gasteiger partial charge in [-0.3, -0.25) is 14.7 Å². The Bertz CT molecular complexity index is 576. The minimum atomic E-state index is -0.228. The number of H-pyrrole nitrogens is 1. The van der Waals surface area contributed by atoms with Crippen LogP contribution in [0.4, 0.5) is 0 Å². The molecule has 0 bridgehead atoms. The molecule has 0 unspecified atom stereocenters. The van der Waals surface area contributed by atoms with Gasteiger partial charge in [0.1, 0.15) is 5.69 Å². The van der Waals surface area contributed by atoms with Crippen molar-refractivity contribution in [3.63, 3.8) is 0 Å². The number of nitrogens with one attached hydrogen (secondary N) is 1. The van der Waals surface area contributed by atoms with Crippen LogP contribution in [0.25, 0.3) is 5.69 Å². The highest BCUT2D eigenvalue weighted by atomic mass is 16.1. The average Bonchev–Trinajstić information content (AvgIpc) is 2.62. The predicted molar refractivity (Wildman–Crippen MR) is 61.1 cm³/mol. The molecular formula is C12H12N2O2. The Morgan fingerprint density at radius 2 is 1.88 bits per heavy atom. The first-order valence-electron chi connectivity index (χ1n) is 4.98. The molecule has 0 aliphatic carbocycles. The van der Waals surface area contributed by atoms with Gasteiger partial charge in [0.2, 0.25) is 0 Å². The first-order valence-corrected chi connectivity index (χ1v) is 4.98. The molecule has 4 heteroatoms. The van der Waals surface area contributed by atoms with Crippen LogP contribution in [-0.2, 0) is 0 Å². The molecule has 0 spiro atoms. The summed E-state index contributed by atoms with van der Waals surface area (Å²) in [6.45, 7) is 3.40. The molecule has 1 N–H and O–H groups in total. The largest absolute Gasteiger partial charge is 0.293 e. The summed E-state index contributed by atoms with van der Waals surface area (Å²) in [4.78, 5) is 22.7. The molecule has 0 atom stereocenters. The molecule has 1 heterocycles. The SMILES string of the molecule is CC(=O)c1cc(=O)n(-c2ccc(C)cc2)[nH]1. The number of nitrogens with zero attached hydrogens (tertiary/aromatic N) is 1. The maximum absolute atomic E-state index is 11.6. The quantitative estimate of drug-likeness (QED) is 0.776. The van der Waals surface area contributed by atoms with Crippen LogP contribution in [0.15, 0.2) is 35.1 Å². The van der Waals surface area contributed by atoms with Crippen molar-refractivity contribution in [2.45, 2.75) is 13.8 Å². The molecule has 1 aromatic carbocycles. The van der Waals surface area contributed by atoms with E-state index in [9.17, 15) is 9.59 Å². The molecule has 0 aliphatic rings. The highest BCUT2D eigenvalue weighted by Gasteiger charge is 2.07. The van der Waals surface area contributed by atoms with Gasteiger partial charge in [-0.15, -0.1) is 0 Å². The van der Waals surface area contributed by atoms with E-state index in [4.69, 9.17) is 0 Å². The second kappa shape index (κ2) is 3.81. The molecular weight excluding hydrogens is 204 g/mol. The summed E-state index contributed by atoms with van der Waals surface area (Å²) in [6.07, 6.45) is 0. The van der Waals surface area contributed by atoms with E-state index in [-0.39, 0.29) is 11.3 Å². The number of aryl methyl sites for hydroxylation is 1. The van der Waals surface area contributed by atoms with Gasteiger partial charge in [0, 0.05) is 13.0 Å². The van der Waals surface area contributed by atoms with Crippen LogP contribution < -0.4 is 5.56 Å². The second-order valence-corrected chi connectivity index (χ2v) is 3.74. The van der Waals surface area contributed by atoms with Gasteiger partial charge in [0.15, 0.2) is 5.78 Å². The molecule has 4 nitrogen and oxygen atoms in total. The first kappa shape index (κ1) is 10.4. The van der Waals surface area contributed by atoms with Crippen molar-refractivity contribution < 1.29 is 4.79 Å². The lowest BCUT2D eigenvalue weighted by atomic mass is 10.2. The molecule has 82 valence electrons. The predicted octanol–water partition coefficient (Wildman–Crippen LogP) is 1.68. The number of hydrogen-bond donors (Lipinski definition) is 1. The highest BCUT2D eigenvalue weighted by Crippen LogP contribution is 2.06. The number of aromatic amines is 1. The van der Waals surface area contributed by atoms with Crippen molar-refractivity contribution in [3.05, 3.63) is 51.9 Å². The van der Waals surface area contributed by atoms with E-state index in [1.54, 1.807) is 0 Å². The van der Waals surface area contributed by atoms with Crippen LogP contribution >= 0.6 is 0 Å². The minimum Gasteiger partial charge on any atom is -0.293 e. The fraction of sp³-hybridized carbons (Fsp3) is 0.167. The van der Waals surface area contributed by atoms with Crippen LogP contribution in [-0.4, -0.2) is 15.6 Å². The van der Waals surface area contributed by atoms with Crippen molar-refractivity contribution in [1.82, 2.24) is 9.78 Å². The zero-order chi connectivity index (χ0) is 11.7. The summed E-state index contributed by atoms with van der Waals surface area (Å²) in [6, 6.07) is 8.79. The molecule has 0 amide bonds. The van der Waals surface area contributed by atoms with Gasteiger partial charge in [-0.25, -0.2) is 4.68 Å². The lowest BCUT2D eigenvalue weighted by molar-refractivity contribution is 0.101. The third-order valence-electron chi connectivity index (χ3n) is 2.39. The van der Waals surface area contributed by atoms with E-state index in [0.29, 0.717) is 5.69 Å². The van der Waals surface area contributed by atoms with Crippen molar-refractivity contribution in [2.24, 2.45) is 0 Å². The van der Waals surface area contributed by atoms with Gasteiger partial charge in [-0.2, -0.15) is 0 Å². The number of carbonyl (C=O) groups excluding carboxylic acids is 1. The summed E-state index contributed by atoms with van der Waals surface area (Å²) in [5, 5.41) is 2.77. The number of ketones is 1. The van der Waals surface area contributed by atoms with Crippen LogP contribution in [0, 0.1) is 6.92 Å². The molecule has 0 aliphatic heterocycles. The molecule has 16 heavy (non-hydrogen) atoms. The number of benzene rings is 1. The smallest absolute Gasteiger partial charge is 0.271 e. The standard InChI is InChI=1S/C12H12N2O2/c1-8-3-5-10(6-4-8)14-12(16)7-11(13-14)9(2)15/h3-7,13H,1-2H3. The summed E-state index contributed by atoms with van der Waals surface area (Å²) < 4.78 is 1.36. The maximum atomic E-state index is 11.6. The third-order valence-corrected chi connectivity index (χ3v) is 2.39. The van der Waals surface area contributed by atoms with Gasteiger partial charge >= 0.3 is 0 Å². The van der Waals surface area contributed by atoms with Gasteiger partial charge in [0.25, 0.3) is 5.56 Å². The third kappa shape index (κ3) is 1.82. The molecule has 0 fully saturated rings. The Labute approximate surface area is 92.5 Å². The van der Waals surface area contributed by atoms with Crippen LogP contribution in [0.3, 0.4) is 0 Å². The van der Waals surface area contributed by atoms with Crippen LogP contribution in [0.5, 0.6) is 0 Å². The average molecular weight is 216 g/mol. The number of aromatic nitrogens is 2. The fourth-order valence-electron chi connectivity index (χ4n) is 1.46. The zero-order valence-corrected chi connectivity index (χ0v) is 9.15. The molecule has 1 aromatic heterocycles. The Morgan fingerprint density at radius 1 is 1.25 bits per heavy atom. The Balaban J connectivity index is 2.52. The maximum Gasteiger partial charge on any atom is 0.271 e. The van der Waals surface area contributed by atoms with Gasteiger partial charge in [-0.1, -0.05) is 17.7 Å². The minimum absolute atomic E-state index is 0.150. The van der Waals surface area contributed by atoms with Crippen LogP contribution in [0.1, 0.15) is 23.0 Å². The summed E-state index contributed by atoms with van der Waals surface area (Å²) in [5.74, 6) is -0.150. The van der Waals surface area contributed by atoms with Crippen molar-refractivity contribution >= 4 is 5.78 Å². The first-order chi connectivity index (χ1) is 7.58. The lowest BCUT2D eigenvalue weighted by Gasteiger charge is -2.01. The highest BCUT2D eigenvalue weighted by molar-refractivity contribution is 5.91. The number of Topliss-reactive ketones (excluding diaryl/α,β-unsaturated/α-hetero) is 1. The zero-order valence-electron chi connectivity index (χ0n) is 9.15. The van der Waals surface area contributed by atoms with E-state index >= 15 is 0 Å². The van der Waals surface area contributed by atoms with Crippen LogP contribution in [0.2, 0.25) is 0 Å². The van der Waals surface area contributed by atoms with Gasteiger partial charge in [-0.05, 0) is 19.1 Å². The topological polar surface area (TPSA) is 54.9 Å². The lowest BCUT2D eigenvalue weighted by Crippen LogP contribution is -2.13. The van der Waals surface area contributed by atoms with Crippen molar-refractivity contribution in [1.29, 1.82) is 0 Å². The van der Waals surface area contributed by atoms with Gasteiger partial charge < -0.3 is 0 Å². The Kier molecular flexibility index (Phi) is 2.48. The fourth-order valence-corrected chi connectivity index (χ4v) is 1.46. The second-order valence-electron chi connectivity index (χ2n) is 3.74. The van der Waals surface area contributed by atoms with Crippen molar-refractivity contribution in [3.8, 4) is 5.69 Å². The van der Waals surface area contributed by atoms with E-state index in [2.05, 4.69) is 5.10 Å². The molecule has 2 aromatic rings. The number of hydrogen-bond acceptors (Lipinski definition) is 2. The Hall–Kier alpha value is -2.10. The van der Waals surface area contributed by atoms with E-state index < -0.39 is 0 Å². The van der Waals surface area contributed by atoms with Crippen molar-refractivity contribution in [2.75, 3.05) is 0 Å². The summed E-state index contributed by atoms with van der Waals surface area (Å²) in [7, 11) is 0. The number of rotatable bonds is 2. The molecule has 0 saturated carbocycles.